The normalized spacial score (nSPS) is 20.9. The first-order chi connectivity index (χ1) is 11.7. The number of halogens is 1. The quantitative estimate of drug-likeness (QED) is 0.734. The van der Waals surface area contributed by atoms with Crippen LogP contribution >= 0.6 is 0 Å². The van der Waals surface area contributed by atoms with Gasteiger partial charge in [-0.05, 0) is 56.4 Å². The smallest absolute Gasteiger partial charge is 0.226 e. The van der Waals surface area contributed by atoms with E-state index in [4.69, 9.17) is 9.15 Å². The van der Waals surface area contributed by atoms with Gasteiger partial charge >= 0.3 is 0 Å². The molecule has 2 aromatic rings. The summed E-state index contributed by atoms with van der Waals surface area (Å²) in [7, 11) is 0. The lowest BCUT2D eigenvalue weighted by Crippen LogP contribution is -2.23. The number of oxazole rings is 1. The first-order valence-electron chi connectivity index (χ1n) is 8.43. The van der Waals surface area contributed by atoms with Crippen LogP contribution in [0.15, 0.2) is 28.7 Å². The second kappa shape index (κ2) is 7.71. The summed E-state index contributed by atoms with van der Waals surface area (Å²) in [4.78, 5) is 15.2. The van der Waals surface area contributed by atoms with Gasteiger partial charge in [-0.15, -0.1) is 0 Å². The van der Waals surface area contributed by atoms with Crippen LogP contribution in [-0.2, 0) is 16.1 Å². The summed E-state index contributed by atoms with van der Waals surface area (Å²) in [6, 6.07) is 6.08. The summed E-state index contributed by atoms with van der Waals surface area (Å²) in [5, 5.41) is 0. The molecule has 0 amide bonds. The van der Waals surface area contributed by atoms with Gasteiger partial charge in [0, 0.05) is 12.0 Å². The van der Waals surface area contributed by atoms with Crippen LogP contribution in [-0.4, -0.2) is 17.4 Å². The van der Waals surface area contributed by atoms with Crippen molar-refractivity contribution in [2.75, 3.05) is 0 Å². The lowest BCUT2D eigenvalue weighted by molar-refractivity contribution is -0.109. The molecule has 5 heteroatoms. The molecule has 0 spiro atoms. The predicted molar refractivity (Wildman–Crippen MR) is 87.9 cm³/mol. The van der Waals surface area contributed by atoms with Crippen LogP contribution in [0.5, 0.6) is 0 Å². The molecular formula is C19H22FNO3. The van der Waals surface area contributed by atoms with Crippen molar-refractivity contribution in [3.05, 3.63) is 41.5 Å². The molecule has 1 aliphatic carbocycles. The van der Waals surface area contributed by atoms with Crippen molar-refractivity contribution in [2.24, 2.45) is 5.92 Å². The van der Waals surface area contributed by atoms with Crippen molar-refractivity contribution < 1.29 is 18.3 Å². The fourth-order valence-corrected chi connectivity index (χ4v) is 3.22. The monoisotopic (exact) mass is 331 g/mol. The third kappa shape index (κ3) is 4.09. The number of aldehydes is 1. The molecule has 3 rings (SSSR count). The van der Waals surface area contributed by atoms with Crippen molar-refractivity contribution in [3.8, 4) is 11.5 Å². The summed E-state index contributed by atoms with van der Waals surface area (Å²) in [5.74, 6) is 1.35. The molecule has 1 aliphatic rings. The van der Waals surface area contributed by atoms with Gasteiger partial charge in [0.05, 0.1) is 12.7 Å². The second-order valence-corrected chi connectivity index (χ2v) is 6.40. The molecule has 128 valence electrons. The van der Waals surface area contributed by atoms with Gasteiger partial charge in [0.25, 0.3) is 0 Å². The molecule has 0 unspecified atom stereocenters. The van der Waals surface area contributed by atoms with E-state index in [2.05, 4.69) is 4.98 Å². The zero-order chi connectivity index (χ0) is 16.9. The molecule has 1 heterocycles. The van der Waals surface area contributed by atoms with E-state index in [-0.39, 0.29) is 11.9 Å². The number of nitrogens with zero attached hydrogens (tertiary/aromatic N) is 1. The lowest BCUT2D eigenvalue weighted by atomic mass is 9.85. The van der Waals surface area contributed by atoms with E-state index in [0.717, 1.165) is 49.0 Å². The van der Waals surface area contributed by atoms with Crippen LogP contribution in [0.2, 0.25) is 0 Å². The van der Waals surface area contributed by atoms with Gasteiger partial charge in [-0.2, -0.15) is 0 Å². The third-order valence-corrected chi connectivity index (χ3v) is 4.60. The van der Waals surface area contributed by atoms with Crippen LogP contribution in [0.25, 0.3) is 11.5 Å². The van der Waals surface area contributed by atoms with Gasteiger partial charge in [-0.25, -0.2) is 9.37 Å². The first-order valence-corrected chi connectivity index (χ1v) is 8.43. The molecule has 0 aliphatic heterocycles. The van der Waals surface area contributed by atoms with Crippen molar-refractivity contribution in [2.45, 2.75) is 51.7 Å². The van der Waals surface area contributed by atoms with E-state index in [0.29, 0.717) is 24.8 Å². The van der Waals surface area contributed by atoms with Crippen molar-refractivity contribution in [1.29, 1.82) is 0 Å². The Morgan fingerprint density at radius 2 is 2.12 bits per heavy atom. The van der Waals surface area contributed by atoms with Gasteiger partial charge in [-0.1, -0.05) is 6.42 Å². The number of hydrogen-bond donors (Lipinski definition) is 0. The molecule has 4 nitrogen and oxygen atoms in total. The Hall–Kier alpha value is -2.01. The van der Waals surface area contributed by atoms with Crippen molar-refractivity contribution in [1.82, 2.24) is 4.98 Å². The van der Waals surface area contributed by atoms with Crippen molar-refractivity contribution in [3.63, 3.8) is 0 Å². The fourth-order valence-electron chi connectivity index (χ4n) is 3.22. The van der Waals surface area contributed by atoms with Gasteiger partial charge in [0.2, 0.25) is 5.89 Å². The summed E-state index contributed by atoms with van der Waals surface area (Å²) in [5.41, 5.74) is 1.52. The average molecular weight is 331 g/mol. The summed E-state index contributed by atoms with van der Waals surface area (Å²) >= 11 is 0. The Morgan fingerprint density at radius 3 is 2.88 bits per heavy atom. The predicted octanol–water partition coefficient (Wildman–Crippen LogP) is 4.45. The van der Waals surface area contributed by atoms with Gasteiger partial charge in [0.1, 0.15) is 23.6 Å². The van der Waals surface area contributed by atoms with Crippen LogP contribution in [0, 0.1) is 18.7 Å². The zero-order valence-corrected chi connectivity index (χ0v) is 13.8. The maximum atomic E-state index is 13.0. The van der Waals surface area contributed by atoms with Crippen LogP contribution in [0.3, 0.4) is 0 Å². The number of carbonyl (C=O) groups excluding carboxylic acids is 1. The number of aryl methyl sites for hydroxylation is 1. The largest absolute Gasteiger partial charge is 0.441 e. The minimum atomic E-state index is -0.284. The standard InChI is InChI=1S/C19H22FNO3/c1-13-18(12-23-17-4-2-3-14(11-17)9-10-22)21-19(24-13)15-5-7-16(20)8-6-15/h5-8,10,14,17H,2-4,9,11-12H2,1H3/t14-,17-/m0/s1. The van der Waals surface area contributed by atoms with E-state index in [1.54, 1.807) is 12.1 Å². The molecular weight excluding hydrogens is 309 g/mol. The highest BCUT2D eigenvalue weighted by Gasteiger charge is 2.23. The topological polar surface area (TPSA) is 52.3 Å². The third-order valence-electron chi connectivity index (χ3n) is 4.60. The number of hydrogen-bond acceptors (Lipinski definition) is 4. The minimum absolute atomic E-state index is 0.175. The van der Waals surface area contributed by atoms with Crippen molar-refractivity contribution >= 4 is 6.29 Å². The number of benzene rings is 1. The first kappa shape index (κ1) is 16.8. The lowest BCUT2D eigenvalue weighted by Gasteiger charge is -2.27. The number of carbonyl (C=O) groups is 1. The van der Waals surface area contributed by atoms with Gasteiger partial charge in [-0.3, -0.25) is 0 Å². The molecule has 2 atom stereocenters. The van der Waals surface area contributed by atoms with E-state index < -0.39 is 0 Å². The highest BCUT2D eigenvalue weighted by Crippen LogP contribution is 2.29. The maximum absolute atomic E-state index is 13.0. The van der Waals surface area contributed by atoms with E-state index in [9.17, 15) is 9.18 Å². The number of ether oxygens (including phenoxy) is 1. The van der Waals surface area contributed by atoms with Gasteiger partial charge < -0.3 is 13.9 Å². The number of aromatic nitrogens is 1. The maximum Gasteiger partial charge on any atom is 0.226 e. The van der Waals surface area contributed by atoms with Crippen LogP contribution in [0.4, 0.5) is 4.39 Å². The molecule has 24 heavy (non-hydrogen) atoms. The second-order valence-electron chi connectivity index (χ2n) is 6.40. The summed E-state index contributed by atoms with van der Waals surface area (Å²) in [6.45, 7) is 2.25. The Morgan fingerprint density at radius 1 is 1.33 bits per heavy atom. The Labute approximate surface area is 141 Å². The Balaban J connectivity index is 1.61. The molecule has 1 aromatic carbocycles. The zero-order valence-electron chi connectivity index (χ0n) is 13.8. The molecule has 1 fully saturated rings. The molecule has 0 saturated heterocycles. The molecule has 0 bridgehead atoms. The molecule has 0 radical (unpaired) electrons. The fraction of sp³-hybridized carbons (Fsp3) is 0.474. The summed E-state index contributed by atoms with van der Waals surface area (Å²) < 4.78 is 24.7. The molecule has 1 saturated carbocycles. The van der Waals surface area contributed by atoms with Gasteiger partial charge in [0.15, 0.2) is 0 Å². The molecule has 1 aromatic heterocycles. The van der Waals surface area contributed by atoms with Crippen LogP contribution in [0.1, 0.15) is 43.6 Å². The highest BCUT2D eigenvalue weighted by atomic mass is 19.1. The summed E-state index contributed by atoms with van der Waals surface area (Å²) in [6.07, 6.45) is 5.96. The average Bonchev–Trinajstić information content (AvgIpc) is 2.95. The SMILES string of the molecule is Cc1oc(-c2ccc(F)cc2)nc1CO[C@H]1CCC[C@@H](CC=O)C1. The van der Waals surface area contributed by atoms with E-state index >= 15 is 0 Å². The Kier molecular flexibility index (Phi) is 5.41. The van der Waals surface area contributed by atoms with E-state index in [1.165, 1.54) is 12.1 Å². The Bertz CT molecular complexity index is 680. The van der Waals surface area contributed by atoms with E-state index in [1.807, 2.05) is 6.92 Å². The highest BCUT2D eigenvalue weighted by molar-refractivity contribution is 5.53. The van der Waals surface area contributed by atoms with Crippen LogP contribution < -0.4 is 0 Å². The number of rotatable bonds is 6. The molecule has 0 N–H and O–H groups in total. The minimum Gasteiger partial charge on any atom is -0.441 e.